The van der Waals surface area contributed by atoms with Gasteiger partial charge < -0.3 is 4.74 Å². The summed E-state index contributed by atoms with van der Waals surface area (Å²) in [5.74, 6) is -0.689. The number of hydrogen-bond acceptors (Lipinski definition) is 4. The predicted octanol–water partition coefficient (Wildman–Crippen LogP) is 0.786. The Morgan fingerprint density at radius 2 is 2.21 bits per heavy atom. The summed E-state index contributed by atoms with van der Waals surface area (Å²) in [5.41, 5.74) is 0.757. The fraction of sp³-hybridized carbons (Fsp3) is 0.182. The van der Waals surface area contributed by atoms with Gasteiger partial charge in [0.2, 0.25) is 10.0 Å². The van der Waals surface area contributed by atoms with Gasteiger partial charge in [-0.25, -0.2) is 17.9 Å². The molecule has 102 valence electrons. The molecular weight excluding hydrogens is 273 g/mol. The normalized spacial score (nSPS) is 11.5. The first-order valence-corrected chi connectivity index (χ1v) is 6.83. The van der Waals surface area contributed by atoms with E-state index in [1.165, 1.54) is 6.07 Å². The molecule has 8 heteroatoms. The number of nitrogens with two attached hydrogens (primary N) is 1. The smallest absolute Gasteiger partial charge is 0.241 e. The Labute approximate surface area is 109 Å². The number of aromatic nitrogens is 2. The monoisotopic (exact) mass is 285 g/mol. The standard InChI is InChI=1S/C11H12FN3O3S/c1-15-6-8(5-14-15)7-18-10-3-2-9(12)4-11(10)19(13,16)17/h2-6H,7H2,1H3,(H2,13,16,17). The summed E-state index contributed by atoms with van der Waals surface area (Å²) in [4.78, 5) is -0.378. The van der Waals surface area contributed by atoms with Crippen LogP contribution in [0, 0.1) is 5.82 Å². The van der Waals surface area contributed by atoms with Gasteiger partial charge in [-0.05, 0) is 18.2 Å². The maximum Gasteiger partial charge on any atom is 0.241 e. The van der Waals surface area contributed by atoms with Crippen molar-refractivity contribution >= 4 is 10.0 Å². The molecule has 0 spiro atoms. The van der Waals surface area contributed by atoms with E-state index in [1.54, 1.807) is 24.1 Å². The zero-order valence-corrected chi connectivity index (χ0v) is 10.9. The molecule has 1 aromatic heterocycles. The molecule has 0 saturated carbocycles. The first-order chi connectivity index (χ1) is 8.86. The molecule has 2 aromatic rings. The van der Waals surface area contributed by atoms with E-state index in [2.05, 4.69) is 5.10 Å². The number of sulfonamides is 1. The Bertz CT molecular complexity index is 697. The molecule has 0 fully saturated rings. The minimum absolute atomic E-state index is 0.00718. The fourth-order valence-electron chi connectivity index (χ4n) is 1.53. The average molecular weight is 285 g/mol. The minimum Gasteiger partial charge on any atom is -0.487 e. The van der Waals surface area contributed by atoms with Crippen LogP contribution >= 0.6 is 0 Å². The Hall–Kier alpha value is -1.93. The van der Waals surface area contributed by atoms with Gasteiger partial charge in [-0.3, -0.25) is 4.68 Å². The zero-order valence-electron chi connectivity index (χ0n) is 10.1. The van der Waals surface area contributed by atoms with Crippen LogP contribution in [0.4, 0.5) is 4.39 Å². The number of benzene rings is 1. The summed E-state index contributed by atoms with van der Waals surface area (Å²) in [7, 11) is -2.29. The van der Waals surface area contributed by atoms with Crippen molar-refractivity contribution in [2.45, 2.75) is 11.5 Å². The Balaban J connectivity index is 2.25. The number of ether oxygens (including phenoxy) is 1. The van der Waals surface area contributed by atoms with Gasteiger partial charge in [-0.1, -0.05) is 0 Å². The number of hydrogen-bond donors (Lipinski definition) is 1. The van der Waals surface area contributed by atoms with Crippen LogP contribution in [0.15, 0.2) is 35.5 Å². The van der Waals surface area contributed by atoms with Crippen molar-refractivity contribution < 1.29 is 17.5 Å². The van der Waals surface area contributed by atoms with E-state index < -0.39 is 15.8 Å². The highest BCUT2D eigenvalue weighted by Crippen LogP contribution is 2.24. The van der Waals surface area contributed by atoms with Crippen LogP contribution in [-0.4, -0.2) is 18.2 Å². The molecule has 0 radical (unpaired) electrons. The second kappa shape index (κ2) is 4.98. The molecule has 2 N–H and O–H groups in total. The van der Waals surface area contributed by atoms with Crippen molar-refractivity contribution in [2.75, 3.05) is 0 Å². The lowest BCUT2D eigenvalue weighted by Gasteiger charge is -2.09. The lowest BCUT2D eigenvalue weighted by molar-refractivity contribution is 0.297. The summed E-state index contributed by atoms with van der Waals surface area (Å²) >= 11 is 0. The van der Waals surface area contributed by atoms with E-state index in [0.29, 0.717) is 0 Å². The van der Waals surface area contributed by atoms with Crippen LogP contribution in [0.25, 0.3) is 0 Å². The van der Waals surface area contributed by atoms with E-state index in [4.69, 9.17) is 9.88 Å². The van der Waals surface area contributed by atoms with Gasteiger partial charge in [-0.2, -0.15) is 5.10 Å². The van der Waals surface area contributed by atoms with E-state index in [1.807, 2.05) is 0 Å². The SMILES string of the molecule is Cn1cc(COc2ccc(F)cc2S(N)(=O)=O)cn1. The molecule has 0 bridgehead atoms. The van der Waals surface area contributed by atoms with Crippen molar-refractivity contribution in [1.29, 1.82) is 0 Å². The lowest BCUT2D eigenvalue weighted by atomic mass is 10.3. The van der Waals surface area contributed by atoms with E-state index in [0.717, 1.165) is 17.7 Å². The summed E-state index contributed by atoms with van der Waals surface area (Å²) < 4.78 is 42.7. The van der Waals surface area contributed by atoms with Crippen LogP contribution in [0.1, 0.15) is 5.56 Å². The number of primary sulfonamides is 1. The average Bonchev–Trinajstić information content (AvgIpc) is 2.72. The lowest BCUT2D eigenvalue weighted by Crippen LogP contribution is -2.14. The molecule has 1 heterocycles. The van der Waals surface area contributed by atoms with Crippen molar-refractivity contribution in [3.63, 3.8) is 0 Å². The third-order valence-corrected chi connectivity index (χ3v) is 3.30. The van der Waals surface area contributed by atoms with E-state index in [-0.39, 0.29) is 17.3 Å². The van der Waals surface area contributed by atoms with Crippen molar-refractivity contribution in [3.05, 3.63) is 42.0 Å². The molecule has 0 aliphatic rings. The highest BCUT2D eigenvalue weighted by Gasteiger charge is 2.16. The quantitative estimate of drug-likeness (QED) is 0.899. The van der Waals surface area contributed by atoms with E-state index >= 15 is 0 Å². The van der Waals surface area contributed by atoms with Gasteiger partial charge in [0.1, 0.15) is 23.1 Å². The molecule has 1 aromatic carbocycles. The van der Waals surface area contributed by atoms with Crippen molar-refractivity contribution in [1.82, 2.24) is 9.78 Å². The fourth-order valence-corrected chi connectivity index (χ4v) is 2.22. The third-order valence-electron chi connectivity index (χ3n) is 2.36. The van der Waals surface area contributed by atoms with Gasteiger partial charge in [0.15, 0.2) is 0 Å². The number of rotatable bonds is 4. The first-order valence-electron chi connectivity index (χ1n) is 5.29. The molecule has 0 unspecified atom stereocenters. The zero-order chi connectivity index (χ0) is 14.0. The van der Waals surface area contributed by atoms with Crippen LogP contribution in [0.5, 0.6) is 5.75 Å². The molecule has 6 nitrogen and oxygen atoms in total. The third kappa shape index (κ3) is 3.30. The first kappa shape index (κ1) is 13.5. The number of halogens is 1. The molecule has 0 atom stereocenters. The summed E-state index contributed by atoms with van der Waals surface area (Å²) in [6.45, 7) is 0.113. The van der Waals surface area contributed by atoms with Gasteiger partial charge in [0, 0.05) is 18.8 Å². The number of nitrogens with zero attached hydrogens (tertiary/aromatic N) is 2. The predicted molar refractivity (Wildman–Crippen MR) is 65.3 cm³/mol. The largest absolute Gasteiger partial charge is 0.487 e. The second-order valence-corrected chi connectivity index (χ2v) is 5.48. The molecule has 2 rings (SSSR count). The Kier molecular flexibility index (Phi) is 3.54. The maximum atomic E-state index is 13.1. The van der Waals surface area contributed by atoms with Crippen molar-refractivity contribution in [2.24, 2.45) is 12.2 Å². The Morgan fingerprint density at radius 3 is 2.79 bits per heavy atom. The molecule has 0 amide bonds. The van der Waals surface area contributed by atoms with Crippen LogP contribution < -0.4 is 9.88 Å². The highest BCUT2D eigenvalue weighted by molar-refractivity contribution is 7.89. The summed E-state index contributed by atoms with van der Waals surface area (Å²) in [5, 5.41) is 8.96. The topological polar surface area (TPSA) is 87.2 Å². The van der Waals surface area contributed by atoms with Crippen LogP contribution in [0.2, 0.25) is 0 Å². The summed E-state index contributed by atoms with van der Waals surface area (Å²) in [6.07, 6.45) is 3.31. The molecular formula is C11H12FN3O3S. The second-order valence-electron chi connectivity index (χ2n) is 3.95. The van der Waals surface area contributed by atoms with Gasteiger partial charge in [0.05, 0.1) is 6.20 Å². The molecule has 19 heavy (non-hydrogen) atoms. The minimum atomic E-state index is -4.04. The van der Waals surface area contributed by atoms with Crippen molar-refractivity contribution in [3.8, 4) is 5.75 Å². The highest BCUT2D eigenvalue weighted by atomic mass is 32.2. The molecule has 0 aliphatic heterocycles. The van der Waals surface area contributed by atoms with Gasteiger partial charge in [0.25, 0.3) is 0 Å². The maximum absolute atomic E-state index is 13.1. The van der Waals surface area contributed by atoms with Gasteiger partial charge in [-0.15, -0.1) is 0 Å². The van der Waals surface area contributed by atoms with Crippen LogP contribution in [0.3, 0.4) is 0 Å². The molecule has 0 aliphatic carbocycles. The molecule has 0 saturated heterocycles. The van der Waals surface area contributed by atoms with Crippen LogP contribution in [-0.2, 0) is 23.7 Å². The van der Waals surface area contributed by atoms with E-state index in [9.17, 15) is 12.8 Å². The summed E-state index contributed by atoms with van der Waals surface area (Å²) in [6, 6.07) is 3.16. The number of aryl methyl sites for hydroxylation is 1. The Morgan fingerprint density at radius 1 is 1.47 bits per heavy atom. The van der Waals surface area contributed by atoms with Gasteiger partial charge >= 0.3 is 0 Å².